The van der Waals surface area contributed by atoms with Gasteiger partial charge < -0.3 is 15.4 Å². The van der Waals surface area contributed by atoms with Gasteiger partial charge in [-0.05, 0) is 36.8 Å². The molecule has 1 aliphatic heterocycles. The first-order valence-corrected chi connectivity index (χ1v) is 8.61. The fourth-order valence-electron chi connectivity index (χ4n) is 2.64. The van der Waals surface area contributed by atoms with E-state index < -0.39 is 29.8 Å². The Balaban J connectivity index is 1.66. The molecule has 0 radical (unpaired) electrons. The van der Waals surface area contributed by atoms with E-state index in [2.05, 4.69) is 10.6 Å². The molecule has 2 aromatic rings. The first kappa shape index (κ1) is 18.5. The van der Waals surface area contributed by atoms with Gasteiger partial charge in [0.2, 0.25) is 5.91 Å². The van der Waals surface area contributed by atoms with Crippen LogP contribution in [0.4, 0.5) is 10.1 Å². The summed E-state index contributed by atoms with van der Waals surface area (Å²) < 4.78 is 19.2. The van der Waals surface area contributed by atoms with Crippen molar-refractivity contribution in [2.24, 2.45) is 0 Å². The van der Waals surface area contributed by atoms with E-state index in [4.69, 9.17) is 27.9 Å². The molecule has 2 N–H and O–H groups in total. The lowest BCUT2D eigenvalue weighted by Gasteiger charge is -2.26. The number of ether oxygens (including phenoxy) is 1. The maximum Gasteiger partial charge on any atom is 0.266 e. The smallest absolute Gasteiger partial charge is 0.266 e. The molecule has 3 rings (SSSR count). The third-order valence-corrected chi connectivity index (χ3v) is 4.58. The SMILES string of the molecule is C[C@@H](NC(=O)C[C@H]1Oc2ccccc2NC1=O)c1cc(F)c(Cl)cc1Cl. The Bertz CT molecular complexity index is 876. The Morgan fingerprint density at radius 1 is 1.31 bits per heavy atom. The van der Waals surface area contributed by atoms with Crippen molar-refractivity contribution in [1.29, 1.82) is 0 Å². The molecule has 0 aromatic heterocycles. The van der Waals surface area contributed by atoms with Crippen LogP contribution in [0.1, 0.15) is 24.9 Å². The quantitative estimate of drug-likeness (QED) is 0.764. The molecule has 0 saturated heterocycles. The molecule has 2 atom stereocenters. The molecular weight excluding hydrogens is 382 g/mol. The number of carbonyl (C=O) groups excluding carboxylic acids is 2. The van der Waals surface area contributed by atoms with Crippen LogP contribution in [0.2, 0.25) is 10.0 Å². The normalized spacial score (nSPS) is 16.9. The largest absolute Gasteiger partial charge is 0.478 e. The number of halogens is 3. The lowest BCUT2D eigenvalue weighted by molar-refractivity contribution is -0.130. The molecule has 2 amide bonds. The number of nitrogens with one attached hydrogen (secondary N) is 2. The third kappa shape index (κ3) is 3.92. The van der Waals surface area contributed by atoms with Gasteiger partial charge in [0.15, 0.2) is 6.10 Å². The standard InChI is InChI=1S/C18H15Cl2FN2O3/c1-9(10-6-13(21)12(20)7-11(10)19)22-17(24)8-16-18(25)23-14-4-2-3-5-15(14)26-16/h2-7,9,16H,8H2,1H3,(H,22,24)(H,23,25)/t9-,16-/m1/s1. The van der Waals surface area contributed by atoms with E-state index in [0.29, 0.717) is 17.0 Å². The van der Waals surface area contributed by atoms with Crippen LogP contribution >= 0.6 is 23.2 Å². The van der Waals surface area contributed by atoms with Crippen molar-refractivity contribution in [1.82, 2.24) is 5.32 Å². The van der Waals surface area contributed by atoms with E-state index in [0.717, 1.165) is 0 Å². The highest BCUT2D eigenvalue weighted by atomic mass is 35.5. The summed E-state index contributed by atoms with van der Waals surface area (Å²) in [7, 11) is 0. The second-order valence-corrected chi connectivity index (χ2v) is 6.69. The summed E-state index contributed by atoms with van der Waals surface area (Å²) >= 11 is 11.7. The molecular formula is C18H15Cl2FN2O3. The zero-order chi connectivity index (χ0) is 18.8. The molecule has 0 bridgehead atoms. The van der Waals surface area contributed by atoms with Crippen LogP contribution in [-0.4, -0.2) is 17.9 Å². The summed E-state index contributed by atoms with van der Waals surface area (Å²) in [6, 6.07) is 8.85. The zero-order valence-electron chi connectivity index (χ0n) is 13.7. The number of fused-ring (bicyclic) bond motifs is 1. The Hall–Kier alpha value is -2.31. The van der Waals surface area contributed by atoms with Gasteiger partial charge in [0.1, 0.15) is 11.6 Å². The third-order valence-electron chi connectivity index (χ3n) is 3.96. The van der Waals surface area contributed by atoms with Crippen molar-refractivity contribution in [3.05, 3.63) is 57.8 Å². The van der Waals surface area contributed by atoms with Gasteiger partial charge in [0.25, 0.3) is 5.91 Å². The monoisotopic (exact) mass is 396 g/mol. The summed E-state index contributed by atoms with van der Waals surface area (Å²) in [5.74, 6) is -0.954. The van der Waals surface area contributed by atoms with Crippen LogP contribution in [0, 0.1) is 5.82 Å². The van der Waals surface area contributed by atoms with Gasteiger partial charge in [-0.2, -0.15) is 0 Å². The van der Waals surface area contributed by atoms with Crippen molar-refractivity contribution < 1.29 is 18.7 Å². The first-order chi connectivity index (χ1) is 12.3. The number of para-hydroxylation sites is 2. The van der Waals surface area contributed by atoms with Gasteiger partial charge in [0.05, 0.1) is 23.2 Å². The molecule has 2 aromatic carbocycles. The molecule has 5 nitrogen and oxygen atoms in total. The zero-order valence-corrected chi connectivity index (χ0v) is 15.2. The molecule has 8 heteroatoms. The molecule has 0 aliphatic carbocycles. The second kappa shape index (κ2) is 7.51. The van der Waals surface area contributed by atoms with E-state index in [1.54, 1.807) is 31.2 Å². The van der Waals surface area contributed by atoms with Gasteiger partial charge in [-0.25, -0.2) is 4.39 Å². The fourth-order valence-corrected chi connectivity index (χ4v) is 3.19. The maximum absolute atomic E-state index is 13.6. The van der Waals surface area contributed by atoms with Crippen LogP contribution in [-0.2, 0) is 9.59 Å². The second-order valence-electron chi connectivity index (χ2n) is 5.87. The number of anilines is 1. The molecule has 0 fully saturated rings. The maximum atomic E-state index is 13.6. The van der Waals surface area contributed by atoms with Crippen molar-refractivity contribution in [2.75, 3.05) is 5.32 Å². The van der Waals surface area contributed by atoms with Gasteiger partial charge in [-0.3, -0.25) is 9.59 Å². The predicted molar refractivity (Wildman–Crippen MR) is 97.1 cm³/mol. The number of benzene rings is 2. The Kier molecular flexibility index (Phi) is 5.34. The number of carbonyl (C=O) groups is 2. The molecule has 0 saturated carbocycles. The molecule has 0 unspecified atom stereocenters. The number of hydrogen-bond donors (Lipinski definition) is 2. The summed E-state index contributed by atoms with van der Waals surface area (Å²) in [4.78, 5) is 24.4. The highest BCUT2D eigenvalue weighted by Crippen LogP contribution is 2.30. The molecule has 0 spiro atoms. The van der Waals surface area contributed by atoms with Crippen LogP contribution in [0.5, 0.6) is 5.75 Å². The topological polar surface area (TPSA) is 67.4 Å². The lowest BCUT2D eigenvalue weighted by Crippen LogP contribution is -2.41. The van der Waals surface area contributed by atoms with Crippen molar-refractivity contribution in [3.8, 4) is 5.75 Å². The van der Waals surface area contributed by atoms with Crippen LogP contribution in [0.25, 0.3) is 0 Å². The first-order valence-electron chi connectivity index (χ1n) is 7.85. The van der Waals surface area contributed by atoms with E-state index in [-0.39, 0.29) is 16.5 Å². The minimum absolute atomic E-state index is 0.0942. The van der Waals surface area contributed by atoms with Gasteiger partial charge in [-0.1, -0.05) is 35.3 Å². The molecule has 1 heterocycles. The van der Waals surface area contributed by atoms with Gasteiger partial charge >= 0.3 is 0 Å². The fraction of sp³-hybridized carbons (Fsp3) is 0.222. The minimum atomic E-state index is -0.950. The van der Waals surface area contributed by atoms with Gasteiger partial charge in [-0.15, -0.1) is 0 Å². The minimum Gasteiger partial charge on any atom is -0.478 e. The predicted octanol–water partition coefficient (Wildman–Crippen LogP) is 4.10. The average molecular weight is 397 g/mol. The number of hydrogen-bond acceptors (Lipinski definition) is 3. The molecule has 136 valence electrons. The number of rotatable bonds is 4. The Morgan fingerprint density at radius 3 is 2.81 bits per heavy atom. The summed E-state index contributed by atoms with van der Waals surface area (Å²) in [6.07, 6.45) is -1.13. The summed E-state index contributed by atoms with van der Waals surface area (Å²) in [5.41, 5.74) is 0.951. The van der Waals surface area contributed by atoms with E-state index in [1.165, 1.54) is 12.1 Å². The van der Waals surface area contributed by atoms with Crippen molar-refractivity contribution >= 4 is 40.7 Å². The average Bonchev–Trinajstić information content (AvgIpc) is 2.58. The van der Waals surface area contributed by atoms with E-state index >= 15 is 0 Å². The van der Waals surface area contributed by atoms with E-state index in [1.807, 2.05) is 0 Å². The van der Waals surface area contributed by atoms with Gasteiger partial charge in [0, 0.05) is 5.02 Å². The molecule has 26 heavy (non-hydrogen) atoms. The van der Waals surface area contributed by atoms with Crippen LogP contribution in [0.15, 0.2) is 36.4 Å². The Labute approximate surface area is 159 Å². The molecule has 1 aliphatic rings. The Morgan fingerprint density at radius 2 is 2.04 bits per heavy atom. The highest BCUT2D eigenvalue weighted by Gasteiger charge is 2.30. The lowest BCUT2D eigenvalue weighted by atomic mass is 10.1. The van der Waals surface area contributed by atoms with Crippen LogP contribution < -0.4 is 15.4 Å². The van der Waals surface area contributed by atoms with Crippen molar-refractivity contribution in [3.63, 3.8) is 0 Å². The van der Waals surface area contributed by atoms with Crippen molar-refractivity contribution in [2.45, 2.75) is 25.5 Å². The van der Waals surface area contributed by atoms with E-state index in [9.17, 15) is 14.0 Å². The highest BCUT2D eigenvalue weighted by molar-refractivity contribution is 6.35. The van der Waals surface area contributed by atoms with Crippen LogP contribution in [0.3, 0.4) is 0 Å². The summed E-state index contributed by atoms with van der Waals surface area (Å²) in [6.45, 7) is 1.66. The summed E-state index contributed by atoms with van der Waals surface area (Å²) in [5, 5.41) is 5.52. The number of amides is 2.